The largest absolute Gasteiger partial charge is 0.383 e. The zero-order valence-electron chi connectivity index (χ0n) is 13.0. The Hall–Kier alpha value is -1.01. The van der Waals surface area contributed by atoms with Crippen molar-refractivity contribution in [3.8, 4) is 0 Å². The molecule has 2 rings (SSSR count). The molecule has 1 N–H and O–H groups in total. The molecule has 1 aliphatic heterocycles. The second kappa shape index (κ2) is 7.08. The predicted molar refractivity (Wildman–Crippen MR) is 87.8 cm³/mol. The minimum atomic E-state index is -3.91. The smallest absolute Gasteiger partial charge is 0.240 e. The molecule has 1 aromatic rings. The number of hydrogen-bond donors (Lipinski definition) is 1. The summed E-state index contributed by atoms with van der Waals surface area (Å²) in [6, 6.07) is 4.92. The van der Waals surface area contributed by atoms with Crippen LogP contribution in [-0.2, 0) is 34.4 Å². The van der Waals surface area contributed by atoms with Crippen molar-refractivity contribution in [2.24, 2.45) is 0 Å². The van der Waals surface area contributed by atoms with Crippen LogP contribution < -0.4 is 4.72 Å². The van der Waals surface area contributed by atoms with Crippen molar-refractivity contribution in [1.82, 2.24) is 4.72 Å². The lowest BCUT2D eigenvalue weighted by Gasteiger charge is -2.12. The monoisotopic (exact) mass is 397 g/mol. The van der Waals surface area contributed by atoms with Gasteiger partial charge in [-0.3, -0.25) is 0 Å². The zero-order valence-corrected chi connectivity index (χ0v) is 15.5. The van der Waals surface area contributed by atoms with Gasteiger partial charge in [0.1, 0.15) is 0 Å². The Morgan fingerprint density at radius 1 is 1.21 bits per heavy atom. The van der Waals surface area contributed by atoms with Gasteiger partial charge >= 0.3 is 0 Å². The predicted octanol–water partition coefficient (Wildman–Crippen LogP) is -0.428. The highest BCUT2D eigenvalue weighted by Gasteiger charge is 2.38. The van der Waals surface area contributed by atoms with Crippen LogP contribution in [0.1, 0.15) is 6.42 Å². The van der Waals surface area contributed by atoms with Gasteiger partial charge in [0.2, 0.25) is 10.0 Å². The van der Waals surface area contributed by atoms with E-state index in [9.17, 15) is 25.3 Å². The first kappa shape index (κ1) is 19.3. The van der Waals surface area contributed by atoms with Gasteiger partial charge in [-0.15, -0.1) is 0 Å². The topological polar surface area (TPSA) is 124 Å². The normalized spacial score (nSPS) is 21.0. The highest BCUT2D eigenvalue weighted by molar-refractivity contribution is 7.96. The third-order valence-electron chi connectivity index (χ3n) is 3.67. The zero-order chi connectivity index (χ0) is 18.0. The molecule has 0 radical (unpaired) electrons. The lowest BCUT2D eigenvalue weighted by atomic mass is 10.4. The van der Waals surface area contributed by atoms with E-state index in [4.69, 9.17) is 4.74 Å². The quantitative estimate of drug-likeness (QED) is 0.619. The van der Waals surface area contributed by atoms with E-state index in [1.807, 2.05) is 0 Å². The molecule has 0 spiro atoms. The maximum absolute atomic E-state index is 12.6. The Balaban J connectivity index is 2.30. The molecule has 11 heteroatoms. The molecule has 0 saturated carbocycles. The first-order valence-corrected chi connectivity index (χ1v) is 12.0. The molecule has 1 atom stereocenters. The summed E-state index contributed by atoms with van der Waals surface area (Å²) in [5, 5.41) is -1.04. The van der Waals surface area contributed by atoms with Crippen LogP contribution in [0.3, 0.4) is 0 Å². The lowest BCUT2D eigenvalue weighted by Crippen LogP contribution is -2.28. The summed E-state index contributed by atoms with van der Waals surface area (Å²) in [5.41, 5.74) is 0. The van der Waals surface area contributed by atoms with Gasteiger partial charge in [0, 0.05) is 13.7 Å². The van der Waals surface area contributed by atoms with Crippen LogP contribution in [0, 0.1) is 0 Å². The SMILES string of the molecule is COCCNS(=O)(=O)c1cccc(S(=O)(=O)[C@H]2CCS(=O)(=O)C2)c1. The fourth-order valence-corrected chi connectivity index (χ4v) is 7.91. The second-order valence-electron chi connectivity index (χ2n) is 5.44. The Kier molecular flexibility index (Phi) is 5.70. The Morgan fingerprint density at radius 3 is 2.46 bits per heavy atom. The van der Waals surface area contributed by atoms with E-state index in [0.717, 1.165) is 6.07 Å². The summed E-state index contributed by atoms with van der Waals surface area (Å²) < 4.78 is 79.5. The van der Waals surface area contributed by atoms with E-state index in [1.54, 1.807) is 0 Å². The van der Waals surface area contributed by atoms with Crippen LogP contribution >= 0.6 is 0 Å². The Labute approximate surface area is 142 Å². The molecule has 0 amide bonds. The molecule has 24 heavy (non-hydrogen) atoms. The van der Waals surface area contributed by atoms with Gasteiger partial charge in [0.25, 0.3) is 0 Å². The van der Waals surface area contributed by atoms with E-state index >= 15 is 0 Å². The highest BCUT2D eigenvalue weighted by atomic mass is 32.2. The summed E-state index contributed by atoms with van der Waals surface area (Å²) in [4.78, 5) is -0.389. The molecule has 1 saturated heterocycles. The summed E-state index contributed by atoms with van der Waals surface area (Å²) >= 11 is 0. The highest BCUT2D eigenvalue weighted by Crippen LogP contribution is 2.26. The number of sulfone groups is 2. The number of benzene rings is 1. The summed E-state index contributed by atoms with van der Waals surface area (Å²) in [6.45, 7) is 0.230. The first-order valence-electron chi connectivity index (χ1n) is 7.11. The number of hydrogen-bond acceptors (Lipinski definition) is 7. The van der Waals surface area contributed by atoms with Crippen molar-refractivity contribution in [1.29, 1.82) is 0 Å². The molecule has 8 nitrogen and oxygen atoms in total. The second-order valence-corrected chi connectivity index (χ2v) is 11.7. The van der Waals surface area contributed by atoms with Gasteiger partial charge < -0.3 is 4.74 Å². The molecule has 0 aromatic heterocycles. The average molecular weight is 397 g/mol. The fraction of sp³-hybridized carbons (Fsp3) is 0.538. The van der Waals surface area contributed by atoms with Gasteiger partial charge in [-0.05, 0) is 24.6 Å². The molecule has 1 fully saturated rings. The van der Waals surface area contributed by atoms with E-state index < -0.39 is 40.7 Å². The summed E-state index contributed by atoms with van der Waals surface area (Å²) in [6.07, 6.45) is 0.0216. The fourth-order valence-electron chi connectivity index (χ4n) is 2.38. The van der Waals surface area contributed by atoms with Crippen molar-refractivity contribution in [3.63, 3.8) is 0 Å². The Morgan fingerprint density at radius 2 is 1.88 bits per heavy atom. The summed E-state index contributed by atoms with van der Waals surface area (Å²) in [7, 11) is -9.72. The van der Waals surface area contributed by atoms with Gasteiger partial charge in [0.15, 0.2) is 19.7 Å². The lowest BCUT2D eigenvalue weighted by molar-refractivity contribution is 0.204. The summed E-state index contributed by atoms with van der Waals surface area (Å²) in [5.74, 6) is -0.605. The van der Waals surface area contributed by atoms with Crippen molar-refractivity contribution in [2.45, 2.75) is 21.5 Å². The van der Waals surface area contributed by atoms with Gasteiger partial charge in [0.05, 0.1) is 33.2 Å². The van der Waals surface area contributed by atoms with Crippen molar-refractivity contribution in [3.05, 3.63) is 24.3 Å². The van der Waals surface area contributed by atoms with Crippen molar-refractivity contribution >= 4 is 29.7 Å². The molecule has 0 aliphatic carbocycles. The molecule has 1 aliphatic rings. The molecule has 1 aromatic carbocycles. The molecule has 0 unspecified atom stereocenters. The van der Waals surface area contributed by atoms with Gasteiger partial charge in [-0.25, -0.2) is 30.0 Å². The van der Waals surface area contributed by atoms with Crippen LogP contribution in [0.4, 0.5) is 0 Å². The maximum atomic E-state index is 12.6. The van der Waals surface area contributed by atoms with Crippen LogP contribution in [-0.4, -0.2) is 62.3 Å². The molecular weight excluding hydrogens is 378 g/mol. The minimum absolute atomic E-state index is 0.0216. The molecular formula is C13H19NO7S3. The van der Waals surface area contributed by atoms with E-state index in [-0.39, 0.29) is 35.1 Å². The maximum Gasteiger partial charge on any atom is 0.240 e. The van der Waals surface area contributed by atoms with Gasteiger partial charge in [-0.1, -0.05) is 6.07 Å². The van der Waals surface area contributed by atoms with Gasteiger partial charge in [-0.2, -0.15) is 0 Å². The standard InChI is InChI=1S/C13H19NO7S3/c1-21-7-6-14-24(19,20)12-4-2-3-11(9-12)23(17,18)13-5-8-22(15,16)10-13/h2-4,9,13-14H,5-8,10H2,1H3/t13-/m0/s1. The van der Waals surface area contributed by atoms with E-state index in [2.05, 4.69) is 4.72 Å². The van der Waals surface area contributed by atoms with Crippen LogP contribution in [0.5, 0.6) is 0 Å². The van der Waals surface area contributed by atoms with Crippen LogP contribution in [0.2, 0.25) is 0 Å². The average Bonchev–Trinajstić information content (AvgIpc) is 2.88. The first-order chi connectivity index (χ1) is 11.1. The number of ether oxygens (including phenoxy) is 1. The number of rotatable bonds is 7. The molecule has 136 valence electrons. The van der Waals surface area contributed by atoms with E-state index in [0.29, 0.717) is 0 Å². The third-order valence-corrected chi connectivity index (χ3v) is 9.30. The Bertz CT molecular complexity index is 905. The van der Waals surface area contributed by atoms with Crippen LogP contribution in [0.15, 0.2) is 34.1 Å². The number of nitrogens with one attached hydrogen (secondary N) is 1. The van der Waals surface area contributed by atoms with E-state index in [1.165, 1.54) is 25.3 Å². The number of sulfonamides is 1. The van der Waals surface area contributed by atoms with Crippen molar-refractivity contribution in [2.75, 3.05) is 31.8 Å². The van der Waals surface area contributed by atoms with Crippen LogP contribution in [0.25, 0.3) is 0 Å². The number of methoxy groups -OCH3 is 1. The molecule has 0 bridgehead atoms. The third kappa shape index (κ3) is 4.33. The van der Waals surface area contributed by atoms with Crippen molar-refractivity contribution < 1.29 is 30.0 Å². The molecule has 1 heterocycles. The minimum Gasteiger partial charge on any atom is -0.383 e.